The van der Waals surface area contributed by atoms with Gasteiger partial charge < -0.3 is 15.1 Å². The van der Waals surface area contributed by atoms with Gasteiger partial charge in [-0.15, -0.1) is 0 Å². The van der Waals surface area contributed by atoms with Gasteiger partial charge in [-0.3, -0.25) is 9.89 Å². The van der Waals surface area contributed by atoms with Gasteiger partial charge in [-0.05, 0) is 73.4 Å². The molecule has 1 saturated heterocycles. The van der Waals surface area contributed by atoms with Crippen molar-refractivity contribution in [3.05, 3.63) is 47.8 Å². The van der Waals surface area contributed by atoms with E-state index in [4.69, 9.17) is 0 Å². The number of carbonyl (C=O) groups excluding carboxylic acids is 1. The normalized spacial score (nSPS) is 19.7. The molecule has 1 aromatic carbocycles. The van der Waals surface area contributed by atoms with Crippen LogP contribution < -0.4 is 15.1 Å². The molecule has 3 aromatic heterocycles. The van der Waals surface area contributed by atoms with Crippen LogP contribution in [0.4, 0.5) is 17.5 Å². The summed E-state index contributed by atoms with van der Waals surface area (Å²) in [5.74, 6) is 2.13. The third-order valence-corrected chi connectivity index (χ3v) is 7.96. The van der Waals surface area contributed by atoms with Gasteiger partial charge in [0.15, 0.2) is 0 Å². The van der Waals surface area contributed by atoms with Crippen molar-refractivity contribution in [2.75, 3.05) is 35.3 Å². The van der Waals surface area contributed by atoms with Crippen LogP contribution >= 0.6 is 0 Å². The van der Waals surface area contributed by atoms with E-state index >= 15 is 0 Å². The highest BCUT2D eigenvalue weighted by molar-refractivity contribution is 6.07. The van der Waals surface area contributed by atoms with Crippen molar-refractivity contribution in [1.29, 1.82) is 0 Å². The summed E-state index contributed by atoms with van der Waals surface area (Å²) in [6, 6.07) is 9.61. The maximum absolute atomic E-state index is 13.5. The van der Waals surface area contributed by atoms with Crippen LogP contribution in [0.2, 0.25) is 0 Å². The van der Waals surface area contributed by atoms with Crippen molar-refractivity contribution in [3.63, 3.8) is 0 Å². The zero-order valence-electron chi connectivity index (χ0n) is 22.1. The van der Waals surface area contributed by atoms with Gasteiger partial charge in [0.1, 0.15) is 11.5 Å². The number of anilines is 3. The Kier molecular flexibility index (Phi) is 6.05. The van der Waals surface area contributed by atoms with Gasteiger partial charge in [0.25, 0.3) is 5.91 Å². The lowest BCUT2D eigenvalue weighted by Crippen LogP contribution is -2.35. The molecule has 0 spiro atoms. The van der Waals surface area contributed by atoms with E-state index in [1.54, 1.807) is 4.68 Å². The molecule has 2 aliphatic rings. The van der Waals surface area contributed by atoms with E-state index in [0.717, 1.165) is 46.8 Å². The fourth-order valence-electron chi connectivity index (χ4n) is 5.62. The maximum Gasteiger partial charge on any atom is 0.255 e. The van der Waals surface area contributed by atoms with Crippen LogP contribution in [0.5, 0.6) is 0 Å². The van der Waals surface area contributed by atoms with Crippen LogP contribution in [0.3, 0.4) is 0 Å². The van der Waals surface area contributed by atoms with Gasteiger partial charge >= 0.3 is 0 Å². The lowest BCUT2D eigenvalue weighted by Gasteiger charge is -2.33. The number of nitrogens with zero attached hydrogens (tertiary/aromatic N) is 8. The minimum atomic E-state index is -0.290. The van der Waals surface area contributed by atoms with Gasteiger partial charge in [-0.1, -0.05) is 18.4 Å². The van der Waals surface area contributed by atoms with E-state index in [2.05, 4.69) is 53.9 Å². The maximum atomic E-state index is 13.5. The number of fused-ring (bicyclic) bond motifs is 2. The molecular weight excluding hydrogens is 480 g/mol. The zero-order chi connectivity index (χ0) is 26.4. The third-order valence-electron chi connectivity index (χ3n) is 7.96. The molecule has 11 heteroatoms. The van der Waals surface area contributed by atoms with Crippen molar-refractivity contribution >= 4 is 34.3 Å². The number of nitrogens with one attached hydrogen (secondary N) is 2. The van der Waals surface area contributed by atoms with Crippen molar-refractivity contribution in [3.8, 4) is 11.3 Å². The Bertz CT molecular complexity index is 1540. The SMILES string of the molecule is CC[C@@H]1CCCN(c2cc(-c3n[nH]c4ccc(NC(=O)C5=C(C)N(C)c6nnnn6C5C)cc34)ccn2)C1. The monoisotopic (exact) mass is 512 g/mol. The molecule has 2 N–H and O–H groups in total. The Labute approximate surface area is 220 Å². The summed E-state index contributed by atoms with van der Waals surface area (Å²) in [6.45, 7) is 8.17. The molecule has 1 unspecified atom stereocenters. The zero-order valence-corrected chi connectivity index (χ0v) is 22.1. The molecule has 0 saturated carbocycles. The molecule has 2 atom stereocenters. The van der Waals surface area contributed by atoms with E-state index in [0.29, 0.717) is 23.1 Å². The summed E-state index contributed by atoms with van der Waals surface area (Å²) in [4.78, 5) is 22.3. The number of rotatable bonds is 5. The van der Waals surface area contributed by atoms with Crippen LogP contribution in [0.15, 0.2) is 47.8 Å². The molecule has 196 valence electrons. The predicted octanol–water partition coefficient (Wildman–Crippen LogP) is 4.16. The molecule has 5 heterocycles. The average molecular weight is 513 g/mol. The highest BCUT2D eigenvalue weighted by Gasteiger charge is 2.32. The number of piperidine rings is 1. The molecule has 0 radical (unpaired) electrons. The standard InChI is InChI=1S/C27H32N10O/c1-5-18-7-6-12-36(15-18)23-13-19(10-11-28-23)25-21-14-20(8-9-22(21)30-31-25)29-26(38)24-16(2)35(4)27-32-33-34-37(27)17(24)3/h8-11,13-14,17-18H,5-7,12,15H2,1-4H3,(H,29,38)(H,30,31)/t17?,18-/m1/s1. The van der Waals surface area contributed by atoms with E-state index in [1.807, 2.05) is 56.3 Å². The van der Waals surface area contributed by atoms with Crippen LogP contribution in [0.1, 0.15) is 46.1 Å². The summed E-state index contributed by atoms with van der Waals surface area (Å²) in [5, 5.41) is 23.7. The van der Waals surface area contributed by atoms with Crippen molar-refractivity contribution in [2.45, 2.75) is 46.1 Å². The Hall–Kier alpha value is -4.28. The summed E-state index contributed by atoms with van der Waals surface area (Å²) in [6.07, 6.45) is 5.53. The smallest absolute Gasteiger partial charge is 0.255 e. The largest absolute Gasteiger partial charge is 0.356 e. The molecule has 2 aliphatic heterocycles. The highest BCUT2D eigenvalue weighted by Crippen LogP contribution is 2.34. The summed E-state index contributed by atoms with van der Waals surface area (Å²) >= 11 is 0. The second-order valence-corrected chi connectivity index (χ2v) is 10.2. The number of allylic oxidation sites excluding steroid dienone is 1. The molecule has 6 rings (SSSR count). The Morgan fingerprint density at radius 3 is 2.95 bits per heavy atom. The van der Waals surface area contributed by atoms with Crippen molar-refractivity contribution < 1.29 is 4.79 Å². The number of hydrogen-bond acceptors (Lipinski definition) is 8. The lowest BCUT2D eigenvalue weighted by molar-refractivity contribution is -0.113. The summed E-state index contributed by atoms with van der Waals surface area (Å²) in [5.41, 5.74) is 4.86. The fourth-order valence-corrected chi connectivity index (χ4v) is 5.62. The Morgan fingerprint density at radius 1 is 1.24 bits per heavy atom. The van der Waals surface area contributed by atoms with E-state index in [-0.39, 0.29) is 11.9 Å². The third kappa shape index (κ3) is 4.07. The quantitative estimate of drug-likeness (QED) is 0.409. The first-order valence-electron chi connectivity index (χ1n) is 13.2. The first-order chi connectivity index (χ1) is 18.4. The Balaban J connectivity index is 1.28. The van der Waals surface area contributed by atoms with Crippen LogP contribution in [-0.4, -0.2) is 61.4 Å². The second-order valence-electron chi connectivity index (χ2n) is 10.2. The van der Waals surface area contributed by atoms with Crippen molar-refractivity contribution in [2.24, 2.45) is 5.92 Å². The van der Waals surface area contributed by atoms with E-state index < -0.39 is 0 Å². The van der Waals surface area contributed by atoms with Gasteiger partial charge in [0, 0.05) is 48.7 Å². The van der Waals surface area contributed by atoms with Crippen LogP contribution in [-0.2, 0) is 4.79 Å². The van der Waals surface area contributed by atoms with Crippen molar-refractivity contribution in [1.82, 2.24) is 35.4 Å². The molecular formula is C27H32N10O. The van der Waals surface area contributed by atoms with Gasteiger partial charge in [0.2, 0.25) is 5.95 Å². The molecule has 0 bridgehead atoms. The summed E-state index contributed by atoms with van der Waals surface area (Å²) < 4.78 is 1.66. The number of hydrogen-bond donors (Lipinski definition) is 2. The number of tetrazole rings is 1. The first-order valence-corrected chi connectivity index (χ1v) is 13.2. The number of aromatic amines is 1. The molecule has 1 amide bonds. The minimum Gasteiger partial charge on any atom is -0.356 e. The first kappa shape index (κ1) is 24.1. The van der Waals surface area contributed by atoms with Crippen LogP contribution in [0.25, 0.3) is 22.2 Å². The molecule has 1 fully saturated rings. The summed E-state index contributed by atoms with van der Waals surface area (Å²) in [7, 11) is 1.86. The molecule has 11 nitrogen and oxygen atoms in total. The van der Waals surface area contributed by atoms with E-state index in [9.17, 15) is 4.79 Å². The van der Waals surface area contributed by atoms with Crippen LogP contribution in [0, 0.1) is 5.92 Å². The topological polar surface area (TPSA) is 121 Å². The number of carbonyl (C=O) groups is 1. The van der Waals surface area contributed by atoms with Gasteiger partial charge in [-0.25, -0.2) is 9.67 Å². The number of benzene rings is 1. The molecule has 4 aromatic rings. The lowest BCUT2D eigenvalue weighted by atomic mass is 9.95. The number of aromatic nitrogens is 7. The predicted molar refractivity (Wildman–Crippen MR) is 147 cm³/mol. The highest BCUT2D eigenvalue weighted by atomic mass is 16.1. The second kappa shape index (κ2) is 9.55. The average Bonchev–Trinajstić information content (AvgIpc) is 3.60. The fraction of sp³-hybridized carbons (Fsp3) is 0.407. The van der Waals surface area contributed by atoms with Gasteiger partial charge in [0.05, 0.1) is 17.1 Å². The number of amides is 1. The Morgan fingerprint density at radius 2 is 2.11 bits per heavy atom. The number of H-pyrrole nitrogens is 1. The minimum absolute atomic E-state index is 0.186. The van der Waals surface area contributed by atoms with Gasteiger partial charge in [-0.2, -0.15) is 5.10 Å². The molecule has 38 heavy (non-hydrogen) atoms. The van der Waals surface area contributed by atoms with E-state index in [1.165, 1.54) is 19.3 Å². The number of pyridine rings is 1. The molecule has 0 aliphatic carbocycles.